The highest BCUT2D eigenvalue weighted by atomic mass is 16.8. The molecular formula is C13H18N2O6. The lowest BCUT2D eigenvalue weighted by atomic mass is 10.1. The number of aliphatic hydroxyl groups excluding tert-OH is 1. The van der Waals surface area contributed by atoms with E-state index in [1.165, 1.54) is 10.8 Å². The Balaban J connectivity index is 2.01. The molecule has 2 saturated heterocycles. The lowest BCUT2D eigenvalue weighted by molar-refractivity contribution is -0.200. The summed E-state index contributed by atoms with van der Waals surface area (Å²) in [5.74, 6) is -0.814. The lowest BCUT2D eigenvalue weighted by Crippen LogP contribution is -2.38. The Hall–Kier alpha value is -1.48. The van der Waals surface area contributed by atoms with E-state index in [4.69, 9.17) is 14.2 Å². The minimum absolute atomic E-state index is 0.242. The molecule has 2 aliphatic heterocycles. The number of fused-ring (bicyclic) bond motifs is 1. The summed E-state index contributed by atoms with van der Waals surface area (Å²) in [5, 5.41) is 9.41. The van der Waals surface area contributed by atoms with Crippen molar-refractivity contribution in [3.63, 3.8) is 0 Å². The van der Waals surface area contributed by atoms with Crippen molar-refractivity contribution in [2.75, 3.05) is 6.61 Å². The first-order valence-corrected chi connectivity index (χ1v) is 6.76. The average molecular weight is 298 g/mol. The topological polar surface area (TPSA) is 103 Å². The molecule has 3 heterocycles. The molecule has 3 rings (SSSR count). The third kappa shape index (κ3) is 2.34. The van der Waals surface area contributed by atoms with Crippen LogP contribution in [0, 0.1) is 6.92 Å². The van der Waals surface area contributed by atoms with Crippen LogP contribution in [0.2, 0.25) is 0 Å². The highest BCUT2D eigenvalue weighted by Gasteiger charge is 2.55. The van der Waals surface area contributed by atoms with Gasteiger partial charge in [-0.3, -0.25) is 14.3 Å². The van der Waals surface area contributed by atoms with Crippen LogP contribution in [-0.4, -0.2) is 45.4 Å². The summed E-state index contributed by atoms with van der Waals surface area (Å²) in [5.41, 5.74) is -0.630. The van der Waals surface area contributed by atoms with Crippen molar-refractivity contribution >= 4 is 0 Å². The zero-order chi connectivity index (χ0) is 15.4. The van der Waals surface area contributed by atoms with Gasteiger partial charge in [0.1, 0.15) is 18.3 Å². The molecule has 1 aromatic rings. The molecule has 116 valence electrons. The number of hydrogen-bond donors (Lipinski definition) is 2. The van der Waals surface area contributed by atoms with Gasteiger partial charge in [0.15, 0.2) is 12.0 Å². The van der Waals surface area contributed by atoms with Crippen molar-refractivity contribution in [1.29, 1.82) is 0 Å². The summed E-state index contributed by atoms with van der Waals surface area (Å²) in [4.78, 5) is 25.7. The summed E-state index contributed by atoms with van der Waals surface area (Å²) < 4.78 is 18.5. The third-order valence-corrected chi connectivity index (χ3v) is 3.73. The fraction of sp³-hybridized carbons (Fsp3) is 0.692. The molecule has 0 saturated carbocycles. The van der Waals surface area contributed by atoms with Crippen LogP contribution in [0.3, 0.4) is 0 Å². The summed E-state index contributed by atoms with van der Waals surface area (Å²) in [7, 11) is 0. The van der Waals surface area contributed by atoms with Gasteiger partial charge >= 0.3 is 5.69 Å². The second kappa shape index (κ2) is 4.77. The van der Waals surface area contributed by atoms with Gasteiger partial charge in [0.2, 0.25) is 0 Å². The predicted molar refractivity (Wildman–Crippen MR) is 70.9 cm³/mol. The van der Waals surface area contributed by atoms with Crippen LogP contribution in [0.15, 0.2) is 15.8 Å². The van der Waals surface area contributed by atoms with Crippen LogP contribution in [-0.2, 0) is 14.2 Å². The second-order valence-corrected chi connectivity index (χ2v) is 5.79. The Kier molecular flexibility index (Phi) is 3.28. The van der Waals surface area contributed by atoms with Crippen LogP contribution >= 0.6 is 0 Å². The van der Waals surface area contributed by atoms with Gasteiger partial charge in [0.05, 0.1) is 6.61 Å². The minimum atomic E-state index is -0.814. The van der Waals surface area contributed by atoms with E-state index in [9.17, 15) is 14.7 Å². The number of nitrogens with one attached hydrogen (secondary N) is 1. The number of nitrogens with zero attached hydrogens (tertiary/aromatic N) is 1. The molecular weight excluding hydrogens is 280 g/mol. The molecule has 0 aromatic carbocycles. The third-order valence-electron chi connectivity index (χ3n) is 3.73. The molecule has 1 unspecified atom stereocenters. The zero-order valence-corrected chi connectivity index (χ0v) is 12.0. The van der Waals surface area contributed by atoms with Crippen molar-refractivity contribution in [2.24, 2.45) is 0 Å². The van der Waals surface area contributed by atoms with Crippen LogP contribution in [0.5, 0.6) is 0 Å². The van der Waals surface area contributed by atoms with Gasteiger partial charge in [-0.1, -0.05) is 0 Å². The smallest absolute Gasteiger partial charge is 0.330 e. The Bertz CT molecular complexity index is 663. The number of aliphatic hydroxyl groups is 1. The number of rotatable bonds is 2. The number of aromatic nitrogens is 2. The predicted octanol–water partition coefficient (Wildman–Crippen LogP) is -0.745. The fourth-order valence-corrected chi connectivity index (χ4v) is 2.81. The normalized spacial score (nSPS) is 34.1. The first-order valence-electron chi connectivity index (χ1n) is 6.76. The number of ether oxygens (including phenoxy) is 3. The van der Waals surface area contributed by atoms with E-state index >= 15 is 0 Å². The first kappa shape index (κ1) is 14.5. The van der Waals surface area contributed by atoms with E-state index in [2.05, 4.69) is 4.98 Å². The average Bonchev–Trinajstić information content (AvgIpc) is 2.87. The van der Waals surface area contributed by atoms with Crippen molar-refractivity contribution in [2.45, 2.75) is 51.1 Å². The van der Waals surface area contributed by atoms with Gasteiger partial charge in [-0.2, -0.15) is 0 Å². The minimum Gasteiger partial charge on any atom is -0.394 e. The Morgan fingerprint density at radius 1 is 1.33 bits per heavy atom. The summed E-state index contributed by atoms with van der Waals surface area (Å²) >= 11 is 0. The molecule has 2 aliphatic rings. The number of aryl methyl sites for hydroxylation is 1. The maximum atomic E-state index is 12.0. The lowest BCUT2D eigenvalue weighted by Gasteiger charge is -2.24. The second-order valence-electron chi connectivity index (χ2n) is 5.79. The number of aromatic amines is 1. The van der Waals surface area contributed by atoms with Gasteiger partial charge in [0, 0.05) is 11.8 Å². The molecule has 2 N–H and O–H groups in total. The maximum absolute atomic E-state index is 12.0. The fourth-order valence-electron chi connectivity index (χ4n) is 2.81. The van der Waals surface area contributed by atoms with Gasteiger partial charge in [0.25, 0.3) is 5.56 Å². The van der Waals surface area contributed by atoms with E-state index < -0.39 is 41.6 Å². The van der Waals surface area contributed by atoms with Crippen molar-refractivity contribution < 1.29 is 19.3 Å². The molecule has 4 atom stereocenters. The summed E-state index contributed by atoms with van der Waals surface area (Å²) in [6, 6.07) is 0. The standard InChI is InChI=1S/C13H18N2O6/c1-6-4-15(12(18)14-10(6)17)11-9-8(7(5-16)19-11)20-13(2,3)21-9/h4,7-9,11,16H,5H2,1-3H3,(H,14,17,18)/t7-,8?,9+,11-/m1/s1. The van der Waals surface area contributed by atoms with E-state index in [-0.39, 0.29) is 6.61 Å². The van der Waals surface area contributed by atoms with Crippen molar-refractivity contribution in [3.8, 4) is 0 Å². The van der Waals surface area contributed by atoms with E-state index in [1.807, 2.05) is 0 Å². The van der Waals surface area contributed by atoms with Gasteiger partial charge in [-0.05, 0) is 20.8 Å². The van der Waals surface area contributed by atoms with E-state index in [1.54, 1.807) is 20.8 Å². The quantitative estimate of drug-likeness (QED) is 0.745. The highest BCUT2D eigenvalue weighted by Crippen LogP contribution is 2.42. The first-order chi connectivity index (χ1) is 9.82. The zero-order valence-electron chi connectivity index (χ0n) is 12.0. The van der Waals surface area contributed by atoms with Crippen molar-refractivity contribution in [3.05, 3.63) is 32.6 Å². The Morgan fingerprint density at radius 3 is 2.67 bits per heavy atom. The van der Waals surface area contributed by atoms with E-state index in [0.29, 0.717) is 5.56 Å². The largest absolute Gasteiger partial charge is 0.394 e. The Morgan fingerprint density at radius 2 is 2.00 bits per heavy atom. The molecule has 8 nitrogen and oxygen atoms in total. The summed E-state index contributed by atoms with van der Waals surface area (Å²) in [6.45, 7) is 4.88. The van der Waals surface area contributed by atoms with Crippen LogP contribution < -0.4 is 11.2 Å². The monoisotopic (exact) mass is 298 g/mol. The highest BCUT2D eigenvalue weighted by molar-refractivity contribution is 5.04. The van der Waals surface area contributed by atoms with Crippen LogP contribution in [0.1, 0.15) is 25.6 Å². The molecule has 0 aliphatic carbocycles. The van der Waals surface area contributed by atoms with E-state index in [0.717, 1.165) is 0 Å². The molecule has 0 spiro atoms. The molecule has 21 heavy (non-hydrogen) atoms. The Labute approximate surface area is 120 Å². The van der Waals surface area contributed by atoms with Crippen LogP contribution in [0.4, 0.5) is 0 Å². The SMILES string of the molecule is Cc1cn([C@@H]2O[C@H](CO)C3OC(C)(C)O[C@@H]32)c(=O)[nH]c1=O. The number of hydrogen-bond acceptors (Lipinski definition) is 6. The maximum Gasteiger partial charge on any atom is 0.330 e. The molecule has 0 bridgehead atoms. The van der Waals surface area contributed by atoms with Gasteiger partial charge < -0.3 is 19.3 Å². The van der Waals surface area contributed by atoms with Crippen LogP contribution in [0.25, 0.3) is 0 Å². The molecule has 0 amide bonds. The molecule has 8 heteroatoms. The molecule has 1 aromatic heterocycles. The molecule has 0 radical (unpaired) electrons. The van der Waals surface area contributed by atoms with Gasteiger partial charge in [-0.15, -0.1) is 0 Å². The molecule has 2 fully saturated rings. The van der Waals surface area contributed by atoms with Gasteiger partial charge in [-0.25, -0.2) is 4.79 Å². The number of H-pyrrole nitrogens is 1. The summed E-state index contributed by atoms with van der Waals surface area (Å²) in [6.07, 6.45) is -0.899. The van der Waals surface area contributed by atoms with Crippen molar-refractivity contribution in [1.82, 2.24) is 9.55 Å².